The van der Waals surface area contributed by atoms with Crippen LogP contribution in [0.4, 0.5) is 10.9 Å². The molecule has 1 aromatic carbocycles. The van der Waals surface area contributed by atoms with E-state index < -0.39 is 0 Å². The first kappa shape index (κ1) is 16.9. The molecular formula is C19H21N5OS. The summed E-state index contributed by atoms with van der Waals surface area (Å²) in [6, 6.07) is 9.70. The van der Waals surface area contributed by atoms with E-state index in [2.05, 4.69) is 21.9 Å². The van der Waals surface area contributed by atoms with Crippen LogP contribution < -0.4 is 9.80 Å². The van der Waals surface area contributed by atoms with Crippen molar-refractivity contribution in [2.45, 2.75) is 6.54 Å². The Morgan fingerprint density at radius 1 is 1.23 bits per heavy atom. The average Bonchev–Trinajstić information content (AvgIpc) is 2.98. The number of nitrogens with zero attached hydrogens (tertiary/aromatic N) is 5. The molecule has 7 heteroatoms. The lowest BCUT2D eigenvalue weighted by Crippen LogP contribution is -2.35. The predicted molar refractivity (Wildman–Crippen MR) is 106 cm³/mol. The summed E-state index contributed by atoms with van der Waals surface area (Å²) in [5, 5.41) is 0.938. The molecule has 0 bridgehead atoms. The lowest BCUT2D eigenvalue weighted by molar-refractivity contribution is 0.0985. The number of fused-ring (bicyclic) bond motifs is 2. The SMILES string of the molecule is CN1CCN(C(=O)c2ccc3nc(N(C)C)sc3c2)c2ncccc2C1. The van der Waals surface area contributed by atoms with Crippen LogP contribution in [0.5, 0.6) is 0 Å². The van der Waals surface area contributed by atoms with Crippen LogP contribution in [0.3, 0.4) is 0 Å². The van der Waals surface area contributed by atoms with Crippen molar-refractivity contribution in [3.8, 4) is 0 Å². The zero-order valence-corrected chi connectivity index (χ0v) is 16.0. The van der Waals surface area contributed by atoms with Crippen LogP contribution in [0.2, 0.25) is 0 Å². The van der Waals surface area contributed by atoms with Crippen LogP contribution in [-0.4, -0.2) is 55.0 Å². The number of pyridine rings is 1. The molecule has 0 radical (unpaired) electrons. The zero-order chi connectivity index (χ0) is 18.3. The Labute approximate surface area is 156 Å². The number of anilines is 2. The summed E-state index contributed by atoms with van der Waals surface area (Å²) in [6.07, 6.45) is 1.75. The molecule has 0 N–H and O–H groups in total. The van der Waals surface area contributed by atoms with Crippen LogP contribution in [0.15, 0.2) is 36.5 Å². The van der Waals surface area contributed by atoms with E-state index in [1.165, 1.54) is 0 Å². The minimum Gasteiger partial charge on any atom is -0.354 e. The standard InChI is InChI=1S/C19H21N5OS/c1-22(2)19-21-15-7-6-13(11-16(15)26-19)18(25)24-10-9-23(3)12-14-5-4-8-20-17(14)24/h4-8,11H,9-10,12H2,1-3H3. The average molecular weight is 367 g/mol. The first-order valence-corrected chi connectivity index (χ1v) is 9.37. The van der Waals surface area contributed by atoms with Crippen molar-refractivity contribution >= 4 is 38.4 Å². The van der Waals surface area contributed by atoms with Gasteiger partial charge in [-0.1, -0.05) is 17.4 Å². The number of thiazole rings is 1. The van der Waals surface area contributed by atoms with Crippen molar-refractivity contribution in [1.29, 1.82) is 0 Å². The fourth-order valence-corrected chi connectivity index (χ4v) is 4.06. The van der Waals surface area contributed by atoms with E-state index in [1.54, 1.807) is 22.4 Å². The topological polar surface area (TPSA) is 52.6 Å². The van der Waals surface area contributed by atoms with Crippen molar-refractivity contribution in [3.63, 3.8) is 0 Å². The Balaban J connectivity index is 1.72. The molecular weight excluding hydrogens is 346 g/mol. The smallest absolute Gasteiger partial charge is 0.259 e. The minimum absolute atomic E-state index is 0.0121. The van der Waals surface area contributed by atoms with Gasteiger partial charge in [0, 0.05) is 51.1 Å². The fourth-order valence-electron chi connectivity index (χ4n) is 3.13. The van der Waals surface area contributed by atoms with Gasteiger partial charge < -0.3 is 9.80 Å². The number of carbonyl (C=O) groups is 1. The van der Waals surface area contributed by atoms with Gasteiger partial charge in [0.2, 0.25) is 0 Å². The van der Waals surface area contributed by atoms with E-state index in [9.17, 15) is 4.79 Å². The Morgan fingerprint density at radius 2 is 2.08 bits per heavy atom. The van der Waals surface area contributed by atoms with Crippen LogP contribution in [-0.2, 0) is 6.54 Å². The number of likely N-dealkylation sites (N-methyl/N-ethyl adjacent to an activating group) is 1. The van der Waals surface area contributed by atoms with Gasteiger partial charge in [0.15, 0.2) is 5.13 Å². The number of hydrogen-bond donors (Lipinski definition) is 0. The number of carbonyl (C=O) groups excluding carboxylic acids is 1. The number of rotatable bonds is 2. The summed E-state index contributed by atoms with van der Waals surface area (Å²) in [5.74, 6) is 0.752. The van der Waals surface area contributed by atoms with E-state index in [0.717, 1.165) is 39.8 Å². The first-order chi connectivity index (χ1) is 12.5. The molecule has 0 unspecified atom stereocenters. The van der Waals surface area contributed by atoms with Gasteiger partial charge >= 0.3 is 0 Å². The van der Waals surface area contributed by atoms with Gasteiger partial charge in [-0.15, -0.1) is 0 Å². The van der Waals surface area contributed by atoms with Crippen molar-refractivity contribution < 1.29 is 4.79 Å². The molecule has 0 saturated heterocycles. The van der Waals surface area contributed by atoms with Gasteiger partial charge in [-0.2, -0.15) is 0 Å². The Morgan fingerprint density at radius 3 is 2.88 bits per heavy atom. The second-order valence-corrected chi connectivity index (χ2v) is 7.76. The van der Waals surface area contributed by atoms with Crippen molar-refractivity contribution in [2.75, 3.05) is 44.0 Å². The maximum absolute atomic E-state index is 13.2. The molecule has 134 valence electrons. The molecule has 1 amide bonds. The maximum Gasteiger partial charge on any atom is 0.259 e. The van der Waals surface area contributed by atoms with Crippen LogP contribution in [0.25, 0.3) is 10.2 Å². The summed E-state index contributed by atoms with van der Waals surface area (Å²) in [5.41, 5.74) is 2.67. The van der Waals surface area contributed by atoms with Gasteiger partial charge in [0.05, 0.1) is 10.2 Å². The van der Waals surface area contributed by atoms with Crippen molar-refractivity contribution in [3.05, 3.63) is 47.7 Å². The Hall–Kier alpha value is -2.51. The van der Waals surface area contributed by atoms with Crippen LogP contribution >= 0.6 is 11.3 Å². The van der Waals surface area contributed by atoms with Crippen molar-refractivity contribution in [1.82, 2.24) is 14.9 Å². The monoisotopic (exact) mass is 367 g/mol. The normalized spacial score (nSPS) is 15.0. The lowest BCUT2D eigenvalue weighted by atomic mass is 10.1. The van der Waals surface area contributed by atoms with Crippen LogP contribution in [0.1, 0.15) is 15.9 Å². The number of amides is 1. The van der Waals surface area contributed by atoms with E-state index in [-0.39, 0.29) is 5.91 Å². The largest absolute Gasteiger partial charge is 0.354 e. The highest BCUT2D eigenvalue weighted by Crippen LogP contribution is 2.30. The number of hydrogen-bond acceptors (Lipinski definition) is 6. The Kier molecular flexibility index (Phi) is 4.34. The fraction of sp³-hybridized carbons (Fsp3) is 0.316. The molecule has 0 fully saturated rings. The van der Waals surface area contributed by atoms with Gasteiger partial charge in [-0.05, 0) is 31.3 Å². The highest BCUT2D eigenvalue weighted by atomic mass is 32.1. The molecule has 0 atom stereocenters. The van der Waals surface area contributed by atoms with Gasteiger partial charge in [-0.3, -0.25) is 9.69 Å². The maximum atomic E-state index is 13.2. The van der Waals surface area contributed by atoms with Crippen LogP contribution in [0, 0.1) is 0 Å². The quantitative estimate of drug-likeness (QED) is 0.697. The Bertz CT molecular complexity index is 967. The summed E-state index contributed by atoms with van der Waals surface area (Å²) >= 11 is 1.59. The molecule has 4 rings (SSSR count). The molecule has 0 aliphatic carbocycles. The predicted octanol–water partition coefficient (Wildman–Crippen LogP) is 2.85. The molecule has 1 aliphatic heterocycles. The van der Waals surface area contributed by atoms with Gasteiger partial charge in [-0.25, -0.2) is 9.97 Å². The summed E-state index contributed by atoms with van der Waals surface area (Å²) in [4.78, 5) is 28.3. The first-order valence-electron chi connectivity index (χ1n) is 8.55. The van der Waals surface area contributed by atoms with E-state index >= 15 is 0 Å². The van der Waals surface area contributed by atoms with E-state index in [0.29, 0.717) is 12.1 Å². The summed E-state index contributed by atoms with van der Waals surface area (Å²) in [7, 11) is 6.01. The van der Waals surface area contributed by atoms with Crippen molar-refractivity contribution in [2.24, 2.45) is 0 Å². The highest BCUT2D eigenvalue weighted by Gasteiger charge is 2.25. The molecule has 3 aromatic rings. The third kappa shape index (κ3) is 3.04. The number of benzene rings is 1. The third-order valence-corrected chi connectivity index (χ3v) is 5.71. The molecule has 0 saturated carbocycles. The molecule has 0 spiro atoms. The summed E-state index contributed by atoms with van der Waals surface area (Å²) < 4.78 is 1.02. The molecule has 2 aromatic heterocycles. The third-order valence-electron chi connectivity index (χ3n) is 4.52. The van der Waals surface area contributed by atoms with E-state index in [1.807, 2.05) is 49.3 Å². The summed E-state index contributed by atoms with van der Waals surface area (Å²) in [6.45, 7) is 2.24. The lowest BCUT2D eigenvalue weighted by Gasteiger charge is -2.21. The minimum atomic E-state index is -0.0121. The second-order valence-electron chi connectivity index (χ2n) is 6.75. The molecule has 1 aliphatic rings. The second kappa shape index (κ2) is 6.66. The van der Waals surface area contributed by atoms with Gasteiger partial charge in [0.25, 0.3) is 5.91 Å². The van der Waals surface area contributed by atoms with Gasteiger partial charge in [0.1, 0.15) is 5.82 Å². The van der Waals surface area contributed by atoms with E-state index in [4.69, 9.17) is 0 Å². The highest BCUT2D eigenvalue weighted by molar-refractivity contribution is 7.22. The molecule has 26 heavy (non-hydrogen) atoms. The molecule has 6 nitrogen and oxygen atoms in total. The molecule has 3 heterocycles. The number of aromatic nitrogens is 2. The zero-order valence-electron chi connectivity index (χ0n) is 15.1.